The van der Waals surface area contributed by atoms with Gasteiger partial charge in [0.2, 0.25) is 0 Å². The quantitative estimate of drug-likeness (QED) is 0.448. The Bertz CT molecular complexity index is 498. The van der Waals surface area contributed by atoms with E-state index in [4.69, 9.17) is 4.74 Å². The van der Waals surface area contributed by atoms with Gasteiger partial charge in [0.15, 0.2) is 0 Å². The summed E-state index contributed by atoms with van der Waals surface area (Å²) < 4.78 is 4.77. The predicted molar refractivity (Wildman–Crippen MR) is 71.3 cm³/mol. The fourth-order valence-corrected chi connectivity index (χ4v) is 1.54. The molecule has 0 unspecified atom stereocenters. The number of rotatable bonds is 6. The van der Waals surface area contributed by atoms with E-state index in [1.807, 2.05) is 0 Å². The molecule has 7 nitrogen and oxygen atoms in total. The molecule has 0 radical (unpaired) electrons. The van der Waals surface area contributed by atoms with Crippen molar-refractivity contribution >= 4 is 17.6 Å². The van der Waals surface area contributed by atoms with Gasteiger partial charge in [0, 0.05) is 31.3 Å². The minimum atomic E-state index is -0.529. The first-order valence-electron chi connectivity index (χ1n) is 6.11. The molecular weight excluding hydrogens is 264 g/mol. The minimum absolute atomic E-state index is 0.0734. The summed E-state index contributed by atoms with van der Waals surface area (Å²) >= 11 is 0. The molecule has 1 aromatic rings. The summed E-state index contributed by atoms with van der Waals surface area (Å²) in [7, 11) is 1.56. The highest BCUT2D eigenvalue weighted by molar-refractivity contribution is 5.94. The largest absolute Gasteiger partial charge is 0.466 e. The van der Waals surface area contributed by atoms with Gasteiger partial charge in [0.1, 0.15) is 0 Å². The Morgan fingerprint density at radius 1 is 1.30 bits per heavy atom. The third-order valence-electron chi connectivity index (χ3n) is 2.63. The number of carbonyl (C=O) groups is 2. The topological polar surface area (TPSA) is 89.8 Å². The zero-order chi connectivity index (χ0) is 15.1. The molecule has 0 bridgehead atoms. The van der Waals surface area contributed by atoms with E-state index in [1.165, 1.54) is 29.2 Å². The molecule has 0 aromatic heterocycles. The molecular formula is C13H16N2O5. The molecule has 108 valence electrons. The summed E-state index contributed by atoms with van der Waals surface area (Å²) in [5, 5.41) is 10.5. The van der Waals surface area contributed by atoms with Gasteiger partial charge in [-0.1, -0.05) is 0 Å². The zero-order valence-electron chi connectivity index (χ0n) is 11.4. The monoisotopic (exact) mass is 280 g/mol. The number of amides is 1. The second-order valence-electron chi connectivity index (χ2n) is 4.09. The molecule has 0 fully saturated rings. The third-order valence-corrected chi connectivity index (χ3v) is 2.63. The van der Waals surface area contributed by atoms with Crippen molar-refractivity contribution in [2.24, 2.45) is 0 Å². The molecule has 1 rings (SSSR count). The average molecular weight is 280 g/mol. The first-order chi connectivity index (χ1) is 9.45. The van der Waals surface area contributed by atoms with Gasteiger partial charge in [-0.2, -0.15) is 0 Å². The third kappa shape index (κ3) is 4.34. The first-order valence-corrected chi connectivity index (χ1v) is 6.11. The minimum Gasteiger partial charge on any atom is -0.466 e. The predicted octanol–water partition coefficient (Wildman–Crippen LogP) is 1.62. The van der Waals surface area contributed by atoms with E-state index in [0.717, 1.165) is 0 Å². The second kappa shape index (κ2) is 7.22. The van der Waals surface area contributed by atoms with Gasteiger partial charge in [-0.05, 0) is 19.1 Å². The molecule has 1 aromatic carbocycles. The maximum atomic E-state index is 12.0. The number of nitrogens with zero attached hydrogens (tertiary/aromatic N) is 2. The molecule has 0 aliphatic carbocycles. The van der Waals surface area contributed by atoms with Crippen LogP contribution in [0.5, 0.6) is 0 Å². The summed E-state index contributed by atoms with van der Waals surface area (Å²) in [4.78, 5) is 34.5. The lowest BCUT2D eigenvalue weighted by molar-refractivity contribution is -0.384. The fourth-order valence-electron chi connectivity index (χ4n) is 1.54. The fraction of sp³-hybridized carbons (Fsp3) is 0.385. The number of esters is 1. The molecule has 0 heterocycles. The highest BCUT2D eigenvalue weighted by atomic mass is 16.6. The summed E-state index contributed by atoms with van der Waals surface area (Å²) in [5.74, 6) is -0.667. The van der Waals surface area contributed by atoms with E-state index >= 15 is 0 Å². The average Bonchev–Trinajstić information content (AvgIpc) is 2.44. The van der Waals surface area contributed by atoms with Crippen LogP contribution in [0, 0.1) is 10.1 Å². The van der Waals surface area contributed by atoms with E-state index in [0.29, 0.717) is 12.2 Å². The number of carbonyl (C=O) groups excluding carboxylic acids is 2. The van der Waals surface area contributed by atoms with Crippen LogP contribution in [0.25, 0.3) is 0 Å². The van der Waals surface area contributed by atoms with Gasteiger partial charge in [0.05, 0.1) is 18.0 Å². The summed E-state index contributed by atoms with van der Waals surface area (Å²) in [5.41, 5.74) is 0.262. The Morgan fingerprint density at radius 3 is 2.40 bits per heavy atom. The van der Waals surface area contributed by atoms with Crippen molar-refractivity contribution in [3.05, 3.63) is 39.9 Å². The number of non-ortho nitro benzene ring substituents is 1. The van der Waals surface area contributed by atoms with E-state index in [9.17, 15) is 19.7 Å². The summed E-state index contributed by atoms with van der Waals surface area (Å²) in [6, 6.07) is 5.32. The number of benzene rings is 1. The number of nitro benzene ring substituents is 1. The summed E-state index contributed by atoms with van der Waals surface area (Å²) in [6.45, 7) is 2.25. The van der Waals surface area contributed by atoms with Crippen LogP contribution in [0.4, 0.5) is 5.69 Å². The van der Waals surface area contributed by atoms with Crippen LogP contribution in [0.3, 0.4) is 0 Å². The molecule has 0 saturated carbocycles. The molecule has 20 heavy (non-hydrogen) atoms. The Kier molecular flexibility index (Phi) is 5.64. The molecule has 0 atom stereocenters. The lowest BCUT2D eigenvalue weighted by atomic mass is 10.2. The van der Waals surface area contributed by atoms with Crippen molar-refractivity contribution in [2.75, 3.05) is 20.2 Å². The Hall–Kier alpha value is -2.44. The molecule has 0 saturated heterocycles. The van der Waals surface area contributed by atoms with Crippen LogP contribution < -0.4 is 0 Å². The van der Waals surface area contributed by atoms with Gasteiger partial charge in [-0.3, -0.25) is 19.7 Å². The maximum Gasteiger partial charge on any atom is 0.307 e. The number of hydrogen-bond acceptors (Lipinski definition) is 5. The molecule has 1 amide bonds. The van der Waals surface area contributed by atoms with Gasteiger partial charge in [-0.25, -0.2) is 0 Å². The first kappa shape index (κ1) is 15.6. The van der Waals surface area contributed by atoms with Crippen molar-refractivity contribution in [3.8, 4) is 0 Å². The highest BCUT2D eigenvalue weighted by Crippen LogP contribution is 2.13. The Morgan fingerprint density at radius 2 is 1.90 bits per heavy atom. The smallest absolute Gasteiger partial charge is 0.307 e. The van der Waals surface area contributed by atoms with Gasteiger partial charge < -0.3 is 9.64 Å². The van der Waals surface area contributed by atoms with Crippen LogP contribution in [0.1, 0.15) is 23.7 Å². The van der Waals surface area contributed by atoms with Crippen LogP contribution in [0.2, 0.25) is 0 Å². The number of hydrogen-bond donors (Lipinski definition) is 0. The number of ether oxygens (including phenoxy) is 1. The van der Waals surface area contributed by atoms with Crippen molar-refractivity contribution < 1.29 is 19.2 Å². The SMILES string of the molecule is CCOC(=O)CCN(C)C(=O)c1ccc([N+](=O)[O-])cc1. The van der Waals surface area contributed by atoms with Crippen molar-refractivity contribution in [2.45, 2.75) is 13.3 Å². The van der Waals surface area contributed by atoms with Gasteiger partial charge >= 0.3 is 5.97 Å². The normalized spacial score (nSPS) is 9.90. The highest BCUT2D eigenvalue weighted by Gasteiger charge is 2.14. The van der Waals surface area contributed by atoms with E-state index in [-0.39, 0.29) is 30.5 Å². The molecule has 7 heteroatoms. The van der Waals surface area contributed by atoms with E-state index in [2.05, 4.69) is 0 Å². The molecule has 0 spiro atoms. The lowest BCUT2D eigenvalue weighted by Gasteiger charge is -2.16. The Balaban J connectivity index is 2.60. The van der Waals surface area contributed by atoms with Crippen molar-refractivity contribution in [3.63, 3.8) is 0 Å². The van der Waals surface area contributed by atoms with Crippen molar-refractivity contribution in [1.29, 1.82) is 0 Å². The van der Waals surface area contributed by atoms with Crippen LogP contribution in [-0.4, -0.2) is 41.9 Å². The van der Waals surface area contributed by atoms with E-state index in [1.54, 1.807) is 14.0 Å². The molecule has 0 aliphatic heterocycles. The van der Waals surface area contributed by atoms with Crippen LogP contribution >= 0.6 is 0 Å². The van der Waals surface area contributed by atoms with Crippen LogP contribution in [-0.2, 0) is 9.53 Å². The summed E-state index contributed by atoms with van der Waals surface area (Å²) in [6.07, 6.45) is 0.114. The Labute approximate surface area is 116 Å². The maximum absolute atomic E-state index is 12.0. The molecule has 0 aliphatic rings. The number of nitro groups is 1. The van der Waals surface area contributed by atoms with Crippen LogP contribution in [0.15, 0.2) is 24.3 Å². The standard InChI is InChI=1S/C13H16N2O5/c1-3-20-12(16)8-9-14(2)13(17)10-4-6-11(7-5-10)15(18)19/h4-7H,3,8-9H2,1-2H3. The van der Waals surface area contributed by atoms with Gasteiger partial charge in [0.25, 0.3) is 11.6 Å². The van der Waals surface area contributed by atoms with E-state index < -0.39 is 4.92 Å². The zero-order valence-corrected chi connectivity index (χ0v) is 11.4. The van der Waals surface area contributed by atoms with Gasteiger partial charge in [-0.15, -0.1) is 0 Å². The molecule has 0 N–H and O–H groups in total. The lowest BCUT2D eigenvalue weighted by Crippen LogP contribution is -2.29. The second-order valence-corrected chi connectivity index (χ2v) is 4.09. The van der Waals surface area contributed by atoms with Crippen molar-refractivity contribution in [1.82, 2.24) is 4.90 Å².